The van der Waals surface area contributed by atoms with Crippen LogP contribution in [0.15, 0.2) is 0 Å². The van der Waals surface area contributed by atoms with Crippen LogP contribution in [0.25, 0.3) is 0 Å². The third-order valence-corrected chi connectivity index (χ3v) is 3.12. The first-order valence-corrected chi connectivity index (χ1v) is 6.04. The molecule has 0 fully saturated rings. The highest BCUT2D eigenvalue weighted by Gasteiger charge is 2.26. The Morgan fingerprint density at radius 3 is 2.41 bits per heavy atom. The minimum Gasteiger partial charge on any atom is -0.394 e. The van der Waals surface area contributed by atoms with Crippen molar-refractivity contribution in [2.75, 3.05) is 54.2 Å². The molecule has 5 heteroatoms. The number of aliphatic hydroxyl groups is 1. The van der Waals surface area contributed by atoms with E-state index in [4.69, 9.17) is 9.47 Å². The molecule has 2 atom stereocenters. The van der Waals surface area contributed by atoms with Gasteiger partial charge in [-0.2, -0.15) is 0 Å². The Hall–Kier alpha value is -0.200. The predicted molar refractivity (Wildman–Crippen MR) is 69.3 cm³/mol. The Bertz CT molecular complexity index is 187. The zero-order chi connectivity index (χ0) is 13.3. The zero-order valence-electron chi connectivity index (χ0n) is 11.8. The van der Waals surface area contributed by atoms with E-state index in [1.807, 2.05) is 14.0 Å². The molecule has 2 N–H and O–H groups in total. The molecule has 0 radical (unpaired) electrons. The molecule has 0 spiro atoms. The highest BCUT2D eigenvalue weighted by molar-refractivity contribution is 4.86. The molecule has 0 bridgehead atoms. The van der Waals surface area contributed by atoms with Crippen LogP contribution in [0.2, 0.25) is 0 Å². The van der Waals surface area contributed by atoms with Crippen LogP contribution in [-0.2, 0) is 9.47 Å². The number of ether oxygens (including phenoxy) is 2. The van der Waals surface area contributed by atoms with Gasteiger partial charge in [0.2, 0.25) is 0 Å². The molecule has 104 valence electrons. The smallest absolute Gasteiger partial charge is 0.0623 e. The van der Waals surface area contributed by atoms with Crippen molar-refractivity contribution in [2.45, 2.75) is 25.4 Å². The van der Waals surface area contributed by atoms with Crippen molar-refractivity contribution in [3.63, 3.8) is 0 Å². The van der Waals surface area contributed by atoms with E-state index in [2.05, 4.69) is 17.1 Å². The Morgan fingerprint density at radius 1 is 1.35 bits per heavy atom. The van der Waals surface area contributed by atoms with Crippen LogP contribution in [0, 0.1) is 0 Å². The molecule has 0 saturated carbocycles. The van der Waals surface area contributed by atoms with Crippen LogP contribution in [0.4, 0.5) is 0 Å². The number of hydrogen-bond acceptors (Lipinski definition) is 5. The van der Waals surface area contributed by atoms with Crippen molar-refractivity contribution < 1.29 is 14.6 Å². The number of nitrogens with zero attached hydrogens (tertiary/aromatic N) is 1. The van der Waals surface area contributed by atoms with Gasteiger partial charge in [-0.15, -0.1) is 0 Å². The monoisotopic (exact) mass is 248 g/mol. The number of rotatable bonds is 10. The van der Waals surface area contributed by atoms with Crippen molar-refractivity contribution in [1.82, 2.24) is 10.2 Å². The minimum atomic E-state index is -0.296. The van der Waals surface area contributed by atoms with Crippen molar-refractivity contribution in [3.8, 4) is 0 Å². The van der Waals surface area contributed by atoms with Gasteiger partial charge in [-0.3, -0.25) is 4.90 Å². The molecule has 0 rings (SSSR count). The van der Waals surface area contributed by atoms with Gasteiger partial charge >= 0.3 is 0 Å². The number of methoxy groups -OCH3 is 2. The van der Waals surface area contributed by atoms with E-state index < -0.39 is 0 Å². The lowest BCUT2D eigenvalue weighted by molar-refractivity contribution is 0.0450. The van der Waals surface area contributed by atoms with E-state index in [-0.39, 0.29) is 12.1 Å². The van der Waals surface area contributed by atoms with E-state index >= 15 is 0 Å². The Labute approximate surface area is 105 Å². The average molecular weight is 248 g/mol. The van der Waals surface area contributed by atoms with Gasteiger partial charge in [-0.25, -0.2) is 0 Å². The minimum absolute atomic E-state index is 0.104. The second-order valence-corrected chi connectivity index (χ2v) is 4.74. The van der Waals surface area contributed by atoms with Gasteiger partial charge in [-0.1, -0.05) is 0 Å². The third kappa shape index (κ3) is 6.33. The third-order valence-electron chi connectivity index (χ3n) is 3.12. The van der Waals surface area contributed by atoms with Crippen molar-refractivity contribution >= 4 is 0 Å². The Morgan fingerprint density at radius 2 is 2.00 bits per heavy atom. The summed E-state index contributed by atoms with van der Waals surface area (Å²) in [6.07, 6.45) is 0. The molecule has 0 aromatic carbocycles. The molecule has 0 aromatic heterocycles. The molecular weight excluding hydrogens is 220 g/mol. The molecule has 0 aliphatic carbocycles. The van der Waals surface area contributed by atoms with E-state index in [9.17, 15) is 5.11 Å². The summed E-state index contributed by atoms with van der Waals surface area (Å²) in [6.45, 7) is 7.17. The van der Waals surface area contributed by atoms with Crippen molar-refractivity contribution in [2.24, 2.45) is 0 Å². The zero-order valence-corrected chi connectivity index (χ0v) is 11.8. The van der Waals surface area contributed by atoms with Gasteiger partial charge in [-0.05, 0) is 20.9 Å². The van der Waals surface area contributed by atoms with Gasteiger partial charge in [0, 0.05) is 33.4 Å². The van der Waals surface area contributed by atoms with Crippen LogP contribution < -0.4 is 5.32 Å². The van der Waals surface area contributed by atoms with Gasteiger partial charge < -0.3 is 19.9 Å². The fraction of sp³-hybridized carbons (Fsp3) is 1.00. The first kappa shape index (κ1) is 16.8. The quantitative estimate of drug-likeness (QED) is 0.567. The molecule has 0 heterocycles. The van der Waals surface area contributed by atoms with E-state index in [0.29, 0.717) is 19.3 Å². The first-order valence-electron chi connectivity index (χ1n) is 6.04. The standard InChI is InChI=1S/C12H28N2O3/c1-11(8-17-5)14(6-7-16-4)9-12(2,10-15)13-3/h11,13,15H,6-10H2,1-5H3. The number of nitrogens with one attached hydrogen (secondary N) is 1. The number of hydrogen-bond donors (Lipinski definition) is 2. The van der Waals surface area contributed by atoms with Gasteiger partial charge in [0.1, 0.15) is 0 Å². The molecule has 5 nitrogen and oxygen atoms in total. The lowest BCUT2D eigenvalue weighted by atomic mass is 10.0. The van der Waals surface area contributed by atoms with Crippen LogP contribution in [0.1, 0.15) is 13.8 Å². The van der Waals surface area contributed by atoms with E-state index in [1.165, 1.54) is 0 Å². The van der Waals surface area contributed by atoms with E-state index in [0.717, 1.165) is 13.1 Å². The summed E-state index contributed by atoms with van der Waals surface area (Å²) in [5.41, 5.74) is -0.296. The molecule has 0 aliphatic rings. The lowest BCUT2D eigenvalue weighted by Crippen LogP contribution is -2.55. The van der Waals surface area contributed by atoms with E-state index in [1.54, 1.807) is 14.2 Å². The largest absolute Gasteiger partial charge is 0.394 e. The van der Waals surface area contributed by atoms with Gasteiger partial charge in [0.05, 0.1) is 25.4 Å². The highest BCUT2D eigenvalue weighted by Crippen LogP contribution is 2.09. The molecule has 0 aliphatic heterocycles. The SMILES string of the molecule is CNC(C)(CO)CN(CCOC)C(C)COC. The molecule has 17 heavy (non-hydrogen) atoms. The lowest BCUT2D eigenvalue weighted by Gasteiger charge is -2.37. The molecule has 0 amide bonds. The normalized spacial score (nSPS) is 17.1. The second-order valence-electron chi connectivity index (χ2n) is 4.74. The van der Waals surface area contributed by atoms with Crippen LogP contribution in [0.5, 0.6) is 0 Å². The summed E-state index contributed by atoms with van der Waals surface area (Å²) < 4.78 is 10.3. The number of likely N-dealkylation sites (N-methyl/N-ethyl adjacent to an activating group) is 1. The summed E-state index contributed by atoms with van der Waals surface area (Å²) >= 11 is 0. The molecular formula is C12H28N2O3. The Balaban J connectivity index is 4.45. The second kappa shape index (κ2) is 8.83. The van der Waals surface area contributed by atoms with Crippen molar-refractivity contribution in [3.05, 3.63) is 0 Å². The topological polar surface area (TPSA) is 54.0 Å². The predicted octanol–water partition coefficient (Wildman–Crippen LogP) is -0.0599. The summed E-state index contributed by atoms with van der Waals surface area (Å²) in [5.74, 6) is 0. The Kier molecular flexibility index (Phi) is 8.72. The van der Waals surface area contributed by atoms with Crippen LogP contribution in [-0.4, -0.2) is 75.8 Å². The highest BCUT2D eigenvalue weighted by atomic mass is 16.5. The maximum absolute atomic E-state index is 9.42. The molecule has 0 saturated heterocycles. The summed E-state index contributed by atoms with van der Waals surface area (Å²) in [6, 6.07) is 0.300. The summed E-state index contributed by atoms with van der Waals surface area (Å²) in [5, 5.41) is 12.6. The molecule has 0 aromatic rings. The maximum atomic E-state index is 9.42. The van der Waals surface area contributed by atoms with Crippen LogP contribution in [0.3, 0.4) is 0 Å². The summed E-state index contributed by atoms with van der Waals surface area (Å²) in [4.78, 5) is 2.26. The molecule has 2 unspecified atom stereocenters. The number of aliphatic hydroxyl groups excluding tert-OH is 1. The van der Waals surface area contributed by atoms with Crippen molar-refractivity contribution in [1.29, 1.82) is 0 Å². The van der Waals surface area contributed by atoms with Gasteiger partial charge in [0.15, 0.2) is 0 Å². The first-order chi connectivity index (χ1) is 8.02. The average Bonchev–Trinajstić information content (AvgIpc) is 2.34. The van der Waals surface area contributed by atoms with Gasteiger partial charge in [0.25, 0.3) is 0 Å². The summed E-state index contributed by atoms with van der Waals surface area (Å²) in [7, 11) is 5.27. The van der Waals surface area contributed by atoms with Crippen LogP contribution >= 0.6 is 0 Å². The maximum Gasteiger partial charge on any atom is 0.0623 e. The fourth-order valence-electron chi connectivity index (χ4n) is 1.67. The fourth-order valence-corrected chi connectivity index (χ4v) is 1.67.